The molecule has 0 bridgehead atoms. The molecule has 4 nitrogen and oxygen atoms in total. The first-order chi connectivity index (χ1) is 9.69. The Bertz CT molecular complexity index is 540. The van der Waals surface area contributed by atoms with Crippen LogP contribution in [0, 0.1) is 6.92 Å². The van der Waals surface area contributed by atoms with Gasteiger partial charge in [-0.25, -0.2) is 4.98 Å². The highest BCUT2D eigenvalue weighted by atomic mass is 16.5. The first-order valence-electron chi connectivity index (χ1n) is 6.70. The van der Waals surface area contributed by atoms with Gasteiger partial charge < -0.3 is 15.8 Å². The highest BCUT2D eigenvalue weighted by Crippen LogP contribution is 2.16. The summed E-state index contributed by atoms with van der Waals surface area (Å²) in [4.78, 5) is 4.26. The summed E-state index contributed by atoms with van der Waals surface area (Å²) in [5.74, 6) is 0.710. The van der Waals surface area contributed by atoms with E-state index in [2.05, 4.69) is 41.5 Å². The maximum Gasteiger partial charge on any atom is 0.149 e. The van der Waals surface area contributed by atoms with Gasteiger partial charge >= 0.3 is 0 Å². The smallest absolute Gasteiger partial charge is 0.149 e. The Hall–Kier alpha value is -2.07. The van der Waals surface area contributed by atoms with E-state index in [-0.39, 0.29) is 6.04 Å². The van der Waals surface area contributed by atoms with E-state index in [0.29, 0.717) is 18.1 Å². The van der Waals surface area contributed by atoms with Gasteiger partial charge in [0.15, 0.2) is 0 Å². The monoisotopic (exact) mass is 271 g/mol. The second kappa shape index (κ2) is 6.91. The lowest BCUT2D eigenvalue weighted by Gasteiger charge is -2.19. The van der Waals surface area contributed by atoms with Crippen LogP contribution >= 0.6 is 0 Å². The lowest BCUT2D eigenvalue weighted by atomic mass is 10.0. The van der Waals surface area contributed by atoms with Gasteiger partial charge in [0.05, 0.1) is 18.3 Å². The number of nitrogen functional groups attached to an aromatic ring is 1. The van der Waals surface area contributed by atoms with Crippen molar-refractivity contribution in [2.45, 2.75) is 19.4 Å². The molecule has 0 spiro atoms. The lowest BCUT2D eigenvalue weighted by molar-refractivity contribution is 0.185. The molecule has 1 heterocycles. The summed E-state index contributed by atoms with van der Waals surface area (Å²) < 4.78 is 5.28. The van der Waals surface area contributed by atoms with Crippen molar-refractivity contribution in [1.82, 2.24) is 4.98 Å². The standard InChI is InChI=1S/C16H21N3O/c1-12-5-7-13(8-6-12)10-14(11-20-2)19-16-15(17)4-3-9-18-16/h3-9,14H,10-11,17H2,1-2H3,(H,18,19). The SMILES string of the molecule is COCC(Cc1ccc(C)cc1)Nc1ncccc1N. The summed E-state index contributed by atoms with van der Waals surface area (Å²) in [5.41, 5.74) is 9.09. The maximum absolute atomic E-state index is 5.91. The number of aryl methyl sites for hydroxylation is 1. The van der Waals surface area contributed by atoms with Crippen LogP contribution in [-0.4, -0.2) is 24.7 Å². The Morgan fingerprint density at radius 2 is 2.00 bits per heavy atom. The van der Waals surface area contributed by atoms with Crippen LogP contribution in [0.3, 0.4) is 0 Å². The van der Waals surface area contributed by atoms with E-state index in [1.54, 1.807) is 13.3 Å². The van der Waals surface area contributed by atoms with E-state index in [1.807, 2.05) is 12.1 Å². The zero-order valence-electron chi connectivity index (χ0n) is 12.0. The number of nitrogens with two attached hydrogens (primary N) is 1. The van der Waals surface area contributed by atoms with Gasteiger partial charge in [-0.1, -0.05) is 29.8 Å². The van der Waals surface area contributed by atoms with Crippen LogP contribution in [0.4, 0.5) is 11.5 Å². The molecule has 0 radical (unpaired) electrons. The predicted molar refractivity (Wildman–Crippen MR) is 82.8 cm³/mol. The summed E-state index contributed by atoms with van der Waals surface area (Å²) in [6, 6.07) is 12.3. The molecule has 1 unspecified atom stereocenters. The Labute approximate surface area is 120 Å². The van der Waals surface area contributed by atoms with Gasteiger partial charge in [0.25, 0.3) is 0 Å². The number of hydrogen-bond acceptors (Lipinski definition) is 4. The van der Waals surface area contributed by atoms with Gasteiger partial charge in [0, 0.05) is 13.3 Å². The van der Waals surface area contributed by atoms with Crippen molar-refractivity contribution in [2.75, 3.05) is 24.8 Å². The molecule has 0 amide bonds. The highest BCUT2D eigenvalue weighted by molar-refractivity contribution is 5.60. The number of ether oxygens (including phenoxy) is 1. The second-order valence-electron chi connectivity index (χ2n) is 4.93. The fraction of sp³-hybridized carbons (Fsp3) is 0.312. The van der Waals surface area contributed by atoms with Crippen molar-refractivity contribution in [3.63, 3.8) is 0 Å². The van der Waals surface area contributed by atoms with E-state index in [1.165, 1.54) is 11.1 Å². The number of hydrogen-bond donors (Lipinski definition) is 2. The zero-order chi connectivity index (χ0) is 14.4. The molecule has 4 heteroatoms. The first kappa shape index (κ1) is 14.3. The van der Waals surface area contributed by atoms with Crippen molar-refractivity contribution in [3.8, 4) is 0 Å². The van der Waals surface area contributed by atoms with Gasteiger partial charge in [0.1, 0.15) is 5.82 Å². The van der Waals surface area contributed by atoms with E-state index in [4.69, 9.17) is 10.5 Å². The molecule has 0 saturated heterocycles. The number of rotatable bonds is 6. The minimum absolute atomic E-state index is 0.139. The Balaban J connectivity index is 2.07. The second-order valence-corrected chi connectivity index (χ2v) is 4.93. The number of methoxy groups -OCH3 is 1. The van der Waals surface area contributed by atoms with Crippen LogP contribution in [-0.2, 0) is 11.2 Å². The van der Waals surface area contributed by atoms with Crippen LogP contribution in [0.25, 0.3) is 0 Å². The number of nitrogens with one attached hydrogen (secondary N) is 1. The number of anilines is 2. The minimum Gasteiger partial charge on any atom is -0.396 e. The Morgan fingerprint density at radius 3 is 2.65 bits per heavy atom. The van der Waals surface area contributed by atoms with Crippen molar-refractivity contribution in [3.05, 3.63) is 53.7 Å². The average Bonchev–Trinajstić information content (AvgIpc) is 2.44. The number of aromatic nitrogens is 1. The molecule has 1 aromatic carbocycles. The molecule has 0 saturated carbocycles. The van der Waals surface area contributed by atoms with Crippen molar-refractivity contribution < 1.29 is 4.74 Å². The third-order valence-electron chi connectivity index (χ3n) is 3.15. The van der Waals surface area contributed by atoms with Crippen LogP contribution in [0.15, 0.2) is 42.6 Å². The molecular formula is C16H21N3O. The van der Waals surface area contributed by atoms with Gasteiger partial charge in [-0.2, -0.15) is 0 Å². The summed E-state index contributed by atoms with van der Waals surface area (Å²) >= 11 is 0. The third kappa shape index (κ3) is 3.96. The number of nitrogens with zero attached hydrogens (tertiary/aromatic N) is 1. The largest absolute Gasteiger partial charge is 0.396 e. The van der Waals surface area contributed by atoms with Crippen molar-refractivity contribution in [1.29, 1.82) is 0 Å². The zero-order valence-corrected chi connectivity index (χ0v) is 12.0. The molecule has 0 fully saturated rings. The summed E-state index contributed by atoms with van der Waals surface area (Å²) in [5, 5.41) is 3.35. The molecule has 0 aliphatic rings. The van der Waals surface area contributed by atoms with E-state index in [0.717, 1.165) is 6.42 Å². The van der Waals surface area contributed by atoms with E-state index < -0.39 is 0 Å². The Morgan fingerprint density at radius 1 is 1.25 bits per heavy atom. The molecule has 0 aliphatic heterocycles. The maximum atomic E-state index is 5.91. The van der Waals surface area contributed by atoms with E-state index in [9.17, 15) is 0 Å². The normalized spacial score (nSPS) is 12.1. The Kier molecular flexibility index (Phi) is 4.96. The van der Waals surface area contributed by atoms with Gasteiger partial charge in [0.2, 0.25) is 0 Å². The molecule has 3 N–H and O–H groups in total. The molecule has 2 rings (SSSR count). The average molecular weight is 271 g/mol. The molecule has 2 aromatic rings. The summed E-state index contributed by atoms with van der Waals surface area (Å²) in [6.45, 7) is 2.69. The first-order valence-corrected chi connectivity index (χ1v) is 6.70. The van der Waals surface area contributed by atoms with Gasteiger partial charge in [-0.3, -0.25) is 0 Å². The fourth-order valence-corrected chi connectivity index (χ4v) is 2.09. The van der Waals surface area contributed by atoms with Crippen LogP contribution in [0.5, 0.6) is 0 Å². The summed E-state index contributed by atoms with van der Waals surface area (Å²) in [6.07, 6.45) is 2.60. The third-order valence-corrected chi connectivity index (χ3v) is 3.15. The van der Waals surface area contributed by atoms with Gasteiger partial charge in [-0.05, 0) is 31.0 Å². The van der Waals surface area contributed by atoms with Crippen molar-refractivity contribution >= 4 is 11.5 Å². The highest BCUT2D eigenvalue weighted by Gasteiger charge is 2.11. The molecule has 1 aromatic heterocycles. The van der Waals surface area contributed by atoms with Crippen molar-refractivity contribution in [2.24, 2.45) is 0 Å². The van der Waals surface area contributed by atoms with Crippen LogP contribution < -0.4 is 11.1 Å². The van der Waals surface area contributed by atoms with E-state index >= 15 is 0 Å². The molecule has 20 heavy (non-hydrogen) atoms. The minimum atomic E-state index is 0.139. The number of benzene rings is 1. The molecule has 1 atom stereocenters. The van der Waals surface area contributed by atoms with Crippen LogP contribution in [0.2, 0.25) is 0 Å². The lowest BCUT2D eigenvalue weighted by Crippen LogP contribution is -2.28. The van der Waals surface area contributed by atoms with Crippen LogP contribution in [0.1, 0.15) is 11.1 Å². The molecule has 106 valence electrons. The fourth-order valence-electron chi connectivity index (χ4n) is 2.09. The topological polar surface area (TPSA) is 60.2 Å². The summed E-state index contributed by atoms with van der Waals surface area (Å²) in [7, 11) is 1.70. The van der Waals surface area contributed by atoms with Gasteiger partial charge in [-0.15, -0.1) is 0 Å². The molecule has 0 aliphatic carbocycles. The quantitative estimate of drug-likeness (QED) is 0.848. The number of pyridine rings is 1. The molecular weight excluding hydrogens is 250 g/mol. The predicted octanol–water partition coefficient (Wildman–Crippen LogP) is 2.64.